The zero-order chi connectivity index (χ0) is 14.1. The monoisotopic (exact) mass is 293 g/mol. The Bertz CT molecular complexity index is 631. The highest BCUT2D eigenvalue weighted by atomic mass is 35.5. The highest BCUT2D eigenvalue weighted by molar-refractivity contribution is 6.31. The molecule has 1 amide bonds. The molecular formula is C14H13ClFN3O. The molecule has 1 aliphatic carbocycles. The minimum Gasteiger partial charge on any atom is -0.309 e. The van der Waals surface area contributed by atoms with E-state index in [0.29, 0.717) is 16.4 Å². The summed E-state index contributed by atoms with van der Waals surface area (Å²) in [5.41, 5.74) is 0.386. The molecule has 1 fully saturated rings. The standard InChI is InChI=1S/C14H13ClFN3O/c15-11-2-1-3-12(16)10(11)8-19-7-6-13(18-19)17-14(20)9-4-5-9/h1-3,6-7,9H,4-5,8H2,(H,17,18,20). The van der Waals surface area contributed by atoms with E-state index < -0.39 is 0 Å². The fraction of sp³-hybridized carbons (Fsp3) is 0.286. The molecule has 0 aliphatic heterocycles. The lowest BCUT2D eigenvalue weighted by Gasteiger charge is -2.06. The normalized spacial score (nSPS) is 14.3. The first-order valence-corrected chi connectivity index (χ1v) is 6.78. The van der Waals surface area contributed by atoms with Gasteiger partial charge in [-0.15, -0.1) is 0 Å². The van der Waals surface area contributed by atoms with Gasteiger partial charge in [0.2, 0.25) is 5.91 Å². The van der Waals surface area contributed by atoms with Crippen molar-refractivity contribution in [2.75, 3.05) is 5.32 Å². The molecule has 1 aliphatic rings. The van der Waals surface area contributed by atoms with Gasteiger partial charge in [0.25, 0.3) is 0 Å². The molecular weight excluding hydrogens is 281 g/mol. The van der Waals surface area contributed by atoms with Crippen molar-refractivity contribution in [1.29, 1.82) is 0 Å². The van der Waals surface area contributed by atoms with Crippen molar-refractivity contribution in [2.24, 2.45) is 5.92 Å². The van der Waals surface area contributed by atoms with E-state index in [2.05, 4.69) is 10.4 Å². The summed E-state index contributed by atoms with van der Waals surface area (Å²) in [7, 11) is 0. The summed E-state index contributed by atoms with van der Waals surface area (Å²) in [6.45, 7) is 0.227. The average Bonchev–Trinajstić information content (AvgIpc) is 3.17. The maximum Gasteiger partial charge on any atom is 0.228 e. The summed E-state index contributed by atoms with van der Waals surface area (Å²) in [4.78, 5) is 11.6. The van der Waals surface area contributed by atoms with Crippen molar-refractivity contribution >= 4 is 23.3 Å². The Hall–Kier alpha value is -1.88. The van der Waals surface area contributed by atoms with Crippen LogP contribution >= 0.6 is 11.6 Å². The highest BCUT2D eigenvalue weighted by Gasteiger charge is 2.29. The minimum absolute atomic E-state index is 0.000765. The topological polar surface area (TPSA) is 46.9 Å². The lowest BCUT2D eigenvalue weighted by molar-refractivity contribution is -0.117. The molecule has 0 atom stereocenters. The number of halogens is 2. The van der Waals surface area contributed by atoms with E-state index in [1.54, 1.807) is 29.1 Å². The first kappa shape index (κ1) is 13.1. The number of anilines is 1. The van der Waals surface area contributed by atoms with Gasteiger partial charge < -0.3 is 5.32 Å². The van der Waals surface area contributed by atoms with Crippen LogP contribution in [0.15, 0.2) is 30.5 Å². The summed E-state index contributed by atoms with van der Waals surface area (Å²) in [6.07, 6.45) is 3.57. The van der Waals surface area contributed by atoms with Crippen LogP contribution in [0.2, 0.25) is 5.02 Å². The van der Waals surface area contributed by atoms with E-state index in [0.717, 1.165) is 12.8 Å². The molecule has 1 saturated carbocycles. The van der Waals surface area contributed by atoms with Crippen molar-refractivity contribution in [3.63, 3.8) is 0 Å². The molecule has 1 heterocycles. The number of amides is 1. The van der Waals surface area contributed by atoms with Crippen LogP contribution in [0.4, 0.5) is 10.2 Å². The van der Waals surface area contributed by atoms with Gasteiger partial charge in [0.1, 0.15) is 5.82 Å². The van der Waals surface area contributed by atoms with Gasteiger partial charge in [-0.2, -0.15) is 5.10 Å². The summed E-state index contributed by atoms with van der Waals surface area (Å²) in [5, 5.41) is 7.30. The first-order valence-electron chi connectivity index (χ1n) is 6.40. The van der Waals surface area contributed by atoms with Crippen LogP contribution in [-0.2, 0) is 11.3 Å². The third-order valence-corrected chi connectivity index (χ3v) is 3.58. The van der Waals surface area contributed by atoms with E-state index in [4.69, 9.17) is 11.6 Å². The second kappa shape index (κ2) is 5.25. The average molecular weight is 294 g/mol. The highest BCUT2D eigenvalue weighted by Crippen LogP contribution is 2.30. The number of rotatable bonds is 4. The zero-order valence-electron chi connectivity index (χ0n) is 10.6. The molecule has 2 aromatic rings. The molecule has 104 valence electrons. The third-order valence-electron chi connectivity index (χ3n) is 3.22. The molecule has 0 bridgehead atoms. The Balaban J connectivity index is 1.72. The maximum atomic E-state index is 13.7. The van der Waals surface area contributed by atoms with Crippen LogP contribution in [0.3, 0.4) is 0 Å². The largest absolute Gasteiger partial charge is 0.309 e. The number of nitrogens with zero attached hydrogens (tertiary/aromatic N) is 2. The SMILES string of the molecule is O=C(Nc1ccn(Cc2c(F)cccc2Cl)n1)C1CC1. The smallest absolute Gasteiger partial charge is 0.228 e. The molecule has 0 unspecified atom stereocenters. The Morgan fingerprint density at radius 2 is 2.25 bits per heavy atom. The molecule has 1 N–H and O–H groups in total. The predicted molar refractivity (Wildman–Crippen MR) is 74.1 cm³/mol. The van der Waals surface area contributed by atoms with Crippen molar-refractivity contribution in [3.8, 4) is 0 Å². The Kier molecular flexibility index (Phi) is 3.44. The van der Waals surface area contributed by atoms with Crippen molar-refractivity contribution < 1.29 is 9.18 Å². The Morgan fingerprint density at radius 3 is 2.95 bits per heavy atom. The number of hydrogen-bond acceptors (Lipinski definition) is 2. The number of hydrogen-bond donors (Lipinski definition) is 1. The summed E-state index contributed by atoms with van der Waals surface area (Å²) in [6, 6.07) is 6.25. The van der Waals surface area contributed by atoms with Crippen LogP contribution in [-0.4, -0.2) is 15.7 Å². The second-order valence-corrected chi connectivity index (χ2v) is 5.27. The van der Waals surface area contributed by atoms with E-state index in [9.17, 15) is 9.18 Å². The minimum atomic E-state index is -0.364. The fourth-order valence-corrected chi connectivity index (χ4v) is 2.16. The zero-order valence-corrected chi connectivity index (χ0v) is 11.4. The van der Waals surface area contributed by atoms with Gasteiger partial charge in [-0.1, -0.05) is 17.7 Å². The third kappa shape index (κ3) is 2.82. The van der Waals surface area contributed by atoms with Crippen LogP contribution in [0.5, 0.6) is 0 Å². The van der Waals surface area contributed by atoms with Crippen molar-refractivity contribution in [1.82, 2.24) is 9.78 Å². The van der Waals surface area contributed by atoms with Gasteiger partial charge in [-0.25, -0.2) is 4.39 Å². The van der Waals surface area contributed by atoms with Crippen LogP contribution in [0.25, 0.3) is 0 Å². The van der Waals surface area contributed by atoms with Crippen LogP contribution < -0.4 is 5.32 Å². The molecule has 3 rings (SSSR count). The van der Waals surface area contributed by atoms with Crippen molar-refractivity contribution in [3.05, 3.63) is 46.9 Å². The van der Waals surface area contributed by atoms with Gasteiger partial charge in [0, 0.05) is 28.8 Å². The molecule has 0 saturated heterocycles. The van der Waals surface area contributed by atoms with E-state index in [-0.39, 0.29) is 24.2 Å². The first-order chi connectivity index (χ1) is 9.63. The number of carbonyl (C=O) groups excluding carboxylic acids is 1. The van der Waals surface area contributed by atoms with Gasteiger partial charge in [0.05, 0.1) is 6.54 Å². The van der Waals surface area contributed by atoms with Crippen molar-refractivity contribution in [2.45, 2.75) is 19.4 Å². The number of nitrogens with one attached hydrogen (secondary N) is 1. The summed E-state index contributed by atoms with van der Waals surface area (Å²) in [5.74, 6) is 0.242. The van der Waals surface area contributed by atoms with Gasteiger partial charge in [-0.05, 0) is 25.0 Å². The molecule has 20 heavy (non-hydrogen) atoms. The molecule has 1 aromatic heterocycles. The fourth-order valence-electron chi connectivity index (χ4n) is 1.94. The molecule has 6 heteroatoms. The lowest BCUT2D eigenvalue weighted by Crippen LogP contribution is -2.14. The number of benzene rings is 1. The number of carbonyl (C=O) groups is 1. The molecule has 0 radical (unpaired) electrons. The lowest BCUT2D eigenvalue weighted by atomic mass is 10.2. The summed E-state index contributed by atoms with van der Waals surface area (Å²) >= 11 is 5.97. The predicted octanol–water partition coefficient (Wildman–Crippen LogP) is 3.07. The maximum absolute atomic E-state index is 13.7. The van der Waals surface area contributed by atoms with E-state index >= 15 is 0 Å². The van der Waals surface area contributed by atoms with Gasteiger partial charge >= 0.3 is 0 Å². The van der Waals surface area contributed by atoms with E-state index in [1.807, 2.05) is 0 Å². The van der Waals surface area contributed by atoms with Crippen LogP contribution in [0.1, 0.15) is 18.4 Å². The van der Waals surface area contributed by atoms with E-state index in [1.165, 1.54) is 6.07 Å². The Morgan fingerprint density at radius 1 is 1.45 bits per heavy atom. The summed E-state index contributed by atoms with van der Waals surface area (Å²) < 4.78 is 15.2. The molecule has 0 spiro atoms. The molecule has 4 nitrogen and oxygen atoms in total. The van der Waals surface area contributed by atoms with Gasteiger partial charge in [-0.3, -0.25) is 9.48 Å². The van der Waals surface area contributed by atoms with Crippen LogP contribution in [0, 0.1) is 11.7 Å². The second-order valence-electron chi connectivity index (χ2n) is 4.86. The molecule has 1 aromatic carbocycles. The number of aromatic nitrogens is 2. The Labute approximate surface area is 120 Å². The quantitative estimate of drug-likeness (QED) is 0.942. The van der Waals surface area contributed by atoms with Gasteiger partial charge in [0.15, 0.2) is 5.82 Å².